The Bertz CT molecular complexity index is 753. The van der Waals surface area contributed by atoms with Crippen LogP contribution in [0.4, 0.5) is 0 Å². The van der Waals surface area contributed by atoms with Gasteiger partial charge in [-0.25, -0.2) is 4.98 Å². The molecule has 0 fully saturated rings. The lowest BCUT2D eigenvalue weighted by Crippen LogP contribution is -1.99. The minimum atomic E-state index is 0.470. The van der Waals surface area contributed by atoms with Crippen molar-refractivity contribution >= 4 is 10.8 Å². The molecule has 0 aliphatic carbocycles. The molecular formula is C17H16N2O. The molecule has 3 aromatic rings. The average Bonchev–Trinajstić information content (AvgIpc) is 2.48. The summed E-state index contributed by atoms with van der Waals surface area (Å²) in [6.45, 7) is 2.51. The lowest BCUT2D eigenvalue weighted by atomic mass is 10.1. The van der Waals surface area contributed by atoms with Gasteiger partial charge in [0.2, 0.25) is 5.88 Å². The van der Waals surface area contributed by atoms with Gasteiger partial charge in [-0.15, -0.1) is 0 Å². The van der Waals surface area contributed by atoms with E-state index in [2.05, 4.69) is 4.98 Å². The maximum absolute atomic E-state index is 5.92. The highest BCUT2D eigenvalue weighted by molar-refractivity contribution is 5.89. The van der Waals surface area contributed by atoms with E-state index in [1.165, 1.54) is 0 Å². The Labute approximate surface area is 118 Å². The van der Waals surface area contributed by atoms with Crippen molar-refractivity contribution in [1.29, 1.82) is 0 Å². The number of hydrogen-bond donors (Lipinski definition) is 1. The zero-order valence-electron chi connectivity index (χ0n) is 11.3. The molecule has 3 rings (SSSR count). The molecule has 0 aliphatic rings. The SMILES string of the molecule is Cc1cccc(Oc2ncc(CN)c3ccccc23)c1. The fourth-order valence-corrected chi connectivity index (χ4v) is 2.26. The minimum Gasteiger partial charge on any atom is -0.438 e. The molecule has 3 heteroatoms. The van der Waals surface area contributed by atoms with Crippen LogP contribution in [0.3, 0.4) is 0 Å². The molecule has 0 spiro atoms. The Hall–Kier alpha value is -2.39. The van der Waals surface area contributed by atoms with E-state index in [9.17, 15) is 0 Å². The highest BCUT2D eigenvalue weighted by Crippen LogP contribution is 2.29. The normalized spacial score (nSPS) is 10.7. The second kappa shape index (κ2) is 5.31. The van der Waals surface area contributed by atoms with Gasteiger partial charge in [-0.1, -0.05) is 30.3 Å². The number of aromatic nitrogens is 1. The third-order valence-electron chi connectivity index (χ3n) is 3.27. The van der Waals surface area contributed by atoms with E-state index in [1.54, 1.807) is 6.20 Å². The number of pyridine rings is 1. The third-order valence-corrected chi connectivity index (χ3v) is 3.27. The summed E-state index contributed by atoms with van der Waals surface area (Å²) < 4.78 is 5.92. The van der Waals surface area contributed by atoms with Crippen molar-refractivity contribution in [1.82, 2.24) is 4.98 Å². The largest absolute Gasteiger partial charge is 0.438 e. The van der Waals surface area contributed by atoms with Crippen LogP contribution in [0.1, 0.15) is 11.1 Å². The van der Waals surface area contributed by atoms with E-state index in [1.807, 2.05) is 55.5 Å². The van der Waals surface area contributed by atoms with Crippen LogP contribution in [0.25, 0.3) is 10.8 Å². The monoisotopic (exact) mass is 264 g/mol. The summed E-state index contributed by atoms with van der Waals surface area (Å²) in [5, 5.41) is 2.07. The van der Waals surface area contributed by atoms with Crippen LogP contribution in [-0.2, 0) is 6.54 Å². The summed E-state index contributed by atoms with van der Waals surface area (Å²) in [5.74, 6) is 1.41. The average molecular weight is 264 g/mol. The molecule has 0 saturated heterocycles. The molecule has 0 amide bonds. The number of nitrogens with zero attached hydrogens (tertiary/aromatic N) is 1. The maximum atomic E-state index is 5.92. The first-order valence-electron chi connectivity index (χ1n) is 6.59. The smallest absolute Gasteiger partial charge is 0.227 e. The van der Waals surface area contributed by atoms with Crippen LogP contribution in [0.2, 0.25) is 0 Å². The number of aryl methyl sites for hydroxylation is 1. The summed E-state index contributed by atoms with van der Waals surface area (Å²) in [6, 6.07) is 16.0. The van der Waals surface area contributed by atoms with Gasteiger partial charge in [-0.3, -0.25) is 0 Å². The summed E-state index contributed by atoms with van der Waals surface area (Å²) >= 11 is 0. The topological polar surface area (TPSA) is 48.1 Å². The van der Waals surface area contributed by atoms with Crippen molar-refractivity contribution in [3.63, 3.8) is 0 Å². The molecule has 100 valence electrons. The number of ether oxygens (including phenoxy) is 1. The van der Waals surface area contributed by atoms with Gasteiger partial charge in [0.1, 0.15) is 5.75 Å². The number of benzene rings is 2. The molecule has 20 heavy (non-hydrogen) atoms. The second-order valence-electron chi connectivity index (χ2n) is 4.76. The molecule has 3 nitrogen and oxygen atoms in total. The molecule has 0 radical (unpaired) electrons. The van der Waals surface area contributed by atoms with Gasteiger partial charge in [0, 0.05) is 18.1 Å². The fraction of sp³-hybridized carbons (Fsp3) is 0.118. The van der Waals surface area contributed by atoms with Gasteiger partial charge in [0.05, 0.1) is 0 Å². The Balaban J connectivity index is 2.08. The first-order chi connectivity index (χ1) is 9.78. The Morgan fingerprint density at radius 1 is 1.05 bits per heavy atom. The standard InChI is InChI=1S/C17H16N2O/c1-12-5-4-6-14(9-12)20-17-16-8-3-2-7-15(16)13(10-18)11-19-17/h2-9,11H,10,18H2,1H3. The number of nitrogens with two attached hydrogens (primary N) is 1. The summed E-state index contributed by atoms with van der Waals surface area (Å²) in [7, 11) is 0. The third kappa shape index (κ3) is 2.36. The molecule has 0 atom stereocenters. The molecule has 2 aromatic carbocycles. The fourth-order valence-electron chi connectivity index (χ4n) is 2.26. The van der Waals surface area contributed by atoms with Gasteiger partial charge >= 0.3 is 0 Å². The molecule has 2 N–H and O–H groups in total. The highest BCUT2D eigenvalue weighted by atomic mass is 16.5. The lowest BCUT2D eigenvalue weighted by molar-refractivity contribution is 0.468. The number of fused-ring (bicyclic) bond motifs is 1. The van der Waals surface area contributed by atoms with Gasteiger partial charge in [-0.2, -0.15) is 0 Å². The maximum Gasteiger partial charge on any atom is 0.227 e. The molecule has 0 unspecified atom stereocenters. The Kier molecular flexibility index (Phi) is 3.35. The van der Waals surface area contributed by atoms with Gasteiger partial charge in [0.25, 0.3) is 0 Å². The zero-order valence-corrected chi connectivity index (χ0v) is 11.3. The number of hydrogen-bond acceptors (Lipinski definition) is 3. The van der Waals surface area contributed by atoms with Gasteiger partial charge in [-0.05, 0) is 41.6 Å². The van der Waals surface area contributed by atoms with Crippen molar-refractivity contribution in [3.8, 4) is 11.6 Å². The lowest BCUT2D eigenvalue weighted by Gasteiger charge is -2.10. The summed E-state index contributed by atoms with van der Waals surface area (Å²) in [4.78, 5) is 4.40. The molecule has 0 saturated carbocycles. The highest BCUT2D eigenvalue weighted by Gasteiger charge is 2.08. The van der Waals surface area contributed by atoms with E-state index in [-0.39, 0.29) is 0 Å². The van der Waals surface area contributed by atoms with Crippen LogP contribution in [0.15, 0.2) is 54.7 Å². The van der Waals surface area contributed by atoms with Crippen molar-refractivity contribution in [2.75, 3.05) is 0 Å². The van der Waals surface area contributed by atoms with Crippen LogP contribution in [0, 0.1) is 6.92 Å². The second-order valence-corrected chi connectivity index (χ2v) is 4.76. The van der Waals surface area contributed by atoms with Gasteiger partial charge < -0.3 is 10.5 Å². The van der Waals surface area contributed by atoms with Crippen molar-refractivity contribution in [2.24, 2.45) is 5.73 Å². The van der Waals surface area contributed by atoms with Crippen LogP contribution < -0.4 is 10.5 Å². The predicted molar refractivity (Wildman–Crippen MR) is 80.9 cm³/mol. The zero-order chi connectivity index (χ0) is 13.9. The minimum absolute atomic E-state index is 0.470. The van der Waals surface area contributed by atoms with E-state index in [0.717, 1.165) is 27.6 Å². The quantitative estimate of drug-likeness (QED) is 0.782. The molecule has 0 bridgehead atoms. The van der Waals surface area contributed by atoms with Crippen LogP contribution >= 0.6 is 0 Å². The van der Waals surface area contributed by atoms with Crippen LogP contribution in [0.5, 0.6) is 11.6 Å². The van der Waals surface area contributed by atoms with E-state index >= 15 is 0 Å². The van der Waals surface area contributed by atoms with Crippen molar-refractivity contribution in [3.05, 3.63) is 65.9 Å². The Morgan fingerprint density at radius 3 is 2.60 bits per heavy atom. The van der Waals surface area contributed by atoms with E-state index in [0.29, 0.717) is 12.4 Å². The summed E-state index contributed by atoms with van der Waals surface area (Å²) in [5.41, 5.74) is 7.94. The van der Waals surface area contributed by atoms with Gasteiger partial charge in [0.15, 0.2) is 0 Å². The van der Waals surface area contributed by atoms with Crippen LogP contribution in [-0.4, -0.2) is 4.98 Å². The molecule has 0 aliphatic heterocycles. The molecule has 1 heterocycles. The van der Waals surface area contributed by atoms with E-state index < -0.39 is 0 Å². The molecular weight excluding hydrogens is 248 g/mol. The Morgan fingerprint density at radius 2 is 1.85 bits per heavy atom. The molecule has 1 aromatic heterocycles. The van der Waals surface area contributed by atoms with Crippen molar-refractivity contribution < 1.29 is 4.74 Å². The first kappa shape index (κ1) is 12.6. The summed E-state index contributed by atoms with van der Waals surface area (Å²) in [6.07, 6.45) is 1.79. The number of rotatable bonds is 3. The van der Waals surface area contributed by atoms with E-state index in [4.69, 9.17) is 10.5 Å². The predicted octanol–water partition coefficient (Wildman–Crippen LogP) is 3.79. The van der Waals surface area contributed by atoms with Crippen molar-refractivity contribution in [2.45, 2.75) is 13.5 Å². The first-order valence-corrected chi connectivity index (χ1v) is 6.59.